The van der Waals surface area contributed by atoms with Crippen molar-refractivity contribution in [2.24, 2.45) is 0 Å². The third-order valence-electron chi connectivity index (χ3n) is 6.62. The minimum Gasteiger partial charge on any atom is -0.464 e. The van der Waals surface area contributed by atoms with E-state index in [9.17, 15) is 19.2 Å². The van der Waals surface area contributed by atoms with Crippen LogP contribution in [0.25, 0.3) is 10.9 Å². The number of nitrogens with one attached hydrogen (secondary N) is 2. The highest BCUT2D eigenvalue weighted by Gasteiger charge is 2.30. The highest BCUT2D eigenvalue weighted by Crippen LogP contribution is 2.16. The van der Waals surface area contributed by atoms with Crippen LogP contribution in [0.1, 0.15) is 70.5 Å². The van der Waals surface area contributed by atoms with Crippen LogP contribution in [0.5, 0.6) is 0 Å². The van der Waals surface area contributed by atoms with Crippen molar-refractivity contribution < 1.29 is 33.4 Å². The van der Waals surface area contributed by atoms with Crippen molar-refractivity contribution in [3.63, 3.8) is 0 Å². The number of unbranched alkanes of at least 4 members (excludes halogenated alkanes) is 2. The molecule has 3 rings (SSSR count). The first-order valence-corrected chi connectivity index (χ1v) is 13.6. The number of hydrogen-bond acceptors (Lipinski definition) is 9. The fourth-order valence-electron chi connectivity index (χ4n) is 4.45. The lowest BCUT2D eigenvalue weighted by Gasteiger charge is -2.28. The lowest BCUT2D eigenvalue weighted by atomic mass is 10.1. The molecule has 1 atom stereocenters. The van der Waals surface area contributed by atoms with Gasteiger partial charge in [-0.05, 0) is 31.4 Å². The second-order valence-corrected chi connectivity index (χ2v) is 9.46. The van der Waals surface area contributed by atoms with Crippen LogP contribution in [0.4, 0.5) is 0 Å². The maximum absolute atomic E-state index is 13.9. The molecule has 0 saturated heterocycles. The molecule has 0 aliphatic rings. The van der Waals surface area contributed by atoms with Gasteiger partial charge in [-0.1, -0.05) is 43.2 Å². The molecule has 41 heavy (non-hydrogen) atoms. The van der Waals surface area contributed by atoms with Gasteiger partial charge in [0, 0.05) is 44.3 Å². The van der Waals surface area contributed by atoms with Crippen LogP contribution in [-0.2, 0) is 25.5 Å². The van der Waals surface area contributed by atoms with Crippen molar-refractivity contribution in [2.75, 3.05) is 41.0 Å². The molecule has 13 nitrogen and oxygen atoms in total. The maximum Gasteiger partial charge on any atom is 0.361 e. The van der Waals surface area contributed by atoms with Crippen LogP contribution < -0.4 is 5.32 Å². The number of esters is 2. The average Bonchev–Trinajstić information content (AvgIpc) is 3.62. The number of rotatable bonds is 16. The number of nitrogens with zero attached hydrogens (tertiary/aromatic N) is 4. The molecule has 3 aromatic rings. The Morgan fingerprint density at radius 2 is 1.76 bits per heavy atom. The maximum atomic E-state index is 13.9. The van der Waals surface area contributed by atoms with Crippen LogP contribution in [-0.4, -0.2) is 95.7 Å². The van der Waals surface area contributed by atoms with Crippen molar-refractivity contribution >= 4 is 34.7 Å². The van der Waals surface area contributed by atoms with Gasteiger partial charge in [0.2, 0.25) is 11.6 Å². The molecule has 2 N–H and O–H groups in total. The van der Waals surface area contributed by atoms with E-state index >= 15 is 0 Å². The Balaban J connectivity index is 1.89. The van der Waals surface area contributed by atoms with Crippen molar-refractivity contribution in [2.45, 2.75) is 51.6 Å². The molecule has 0 fully saturated rings. The predicted octanol–water partition coefficient (Wildman–Crippen LogP) is 2.58. The summed E-state index contributed by atoms with van der Waals surface area (Å²) in [6.45, 7) is 3.54. The molecule has 0 spiro atoms. The number of aromatic nitrogens is 4. The molecule has 222 valence electrons. The van der Waals surface area contributed by atoms with Crippen molar-refractivity contribution in [3.05, 3.63) is 47.4 Å². The van der Waals surface area contributed by atoms with Gasteiger partial charge in [0.1, 0.15) is 11.7 Å². The second-order valence-electron chi connectivity index (χ2n) is 9.46. The van der Waals surface area contributed by atoms with E-state index in [4.69, 9.17) is 14.2 Å². The second kappa shape index (κ2) is 15.5. The Bertz CT molecular complexity index is 1290. The zero-order valence-corrected chi connectivity index (χ0v) is 24.0. The fraction of sp³-hybridized carbons (Fsp3) is 0.500. The lowest BCUT2D eigenvalue weighted by molar-refractivity contribution is -0.133. The summed E-state index contributed by atoms with van der Waals surface area (Å²) < 4.78 is 15.9. The highest BCUT2D eigenvalue weighted by atomic mass is 16.5. The van der Waals surface area contributed by atoms with Crippen molar-refractivity contribution in [3.8, 4) is 0 Å². The number of fused-ring (bicyclic) bond motifs is 1. The summed E-state index contributed by atoms with van der Waals surface area (Å²) in [4.78, 5) is 56.7. The van der Waals surface area contributed by atoms with E-state index < -0.39 is 23.9 Å². The molecule has 0 aliphatic carbocycles. The summed E-state index contributed by atoms with van der Waals surface area (Å²) >= 11 is 0. The van der Waals surface area contributed by atoms with Gasteiger partial charge in [-0.2, -0.15) is 0 Å². The number of hydrogen-bond donors (Lipinski definition) is 2. The number of H-pyrrole nitrogens is 1. The molecule has 0 aliphatic heterocycles. The van der Waals surface area contributed by atoms with E-state index in [1.807, 2.05) is 24.3 Å². The van der Waals surface area contributed by atoms with Crippen molar-refractivity contribution in [1.82, 2.24) is 30.2 Å². The van der Waals surface area contributed by atoms with Gasteiger partial charge in [-0.15, -0.1) is 5.10 Å². The third-order valence-corrected chi connectivity index (χ3v) is 6.62. The van der Waals surface area contributed by atoms with Crippen LogP contribution in [0.3, 0.4) is 0 Å². The van der Waals surface area contributed by atoms with Crippen LogP contribution in [0.15, 0.2) is 30.3 Å². The number of carbonyl (C=O) groups excluding carboxylic acids is 4. The quantitative estimate of drug-likeness (QED) is 0.195. The molecule has 1 aromatic carbocycles. The summed E-state index contributed by atoms with van der Waals surface area (Å²) in [5.74, 6) is -2.40. The van der Waals surface area contributed by atoms with Gasteiger partial charge >= 0.3 is 11.9 Å². The van der Waals surface area contributed by atoms with Crippen LogP contribution >= 0.6 is 0 Å². The number of ether oxygens (including phenoxy) is 3. The summed E-state index contributed by atoms with van der Waals surface area (Å²) in [7, 11) is 3.93. The third kappa shape index (κ3) is 8.13. The number of amides is 2. The molecule has 0 bridgehead atoms. The van der Waals surface area contributed by atoms with Crippen LogP contribution in [0.2, 0.25) is 0 Å². The largest absolute Gasteiger partial charge is 0.464 e. The van der Waals surface area contributed by atoms with E-state index in [1.54, 1.807) is 18.1 Å². The van der Waals surface area contributed by atoms with Gasteiger partial charge in [-0.25, -0.2) is 14.3 Å². The van der Waals surface area contributed by atoms with E-state index in [2.05, 4.69) is 27.5 Å². The Morgan fingerprint density at radius 3 is 2.44 bits per heavy atom. The fourth-order valence-corrected chi connectivity index (χ4v) is 4.45. The van der Waals surface area contributed by atoms with Crippen LogP contribution in [0, 0.1) is 0 Å². The molecule has 0 radical (unpaired) electrons. The minimum atomic E-state index is -0.964. The summed E-state index contributed by atoms with van der Waals surface area (Å²) in [5.41, 5.74) is 0.601. The molecule has 2 amide bonds. The Morgan fingerprint density at radius 1 is 1.02 bits per heavy atom. The number of aryl methyl sites for hydroxylation is 1. The van der Waals surface area contributed by atoms with Gasteiger partial charge in [0.05, 0.1) is 14.2 Å². The molecule has 13 heteroatoms. The average molecular weight is 571 g/mol. The van der Waals surface area contributed by atoms with E-state index in [0.717, 1.165) is 37.3 Å². The monoisotopic (exact) mass is 570 g/mol. The van der Waals surface area contributed by atoms with Gasteiger partial charge < -0.3 is 29.4 Å². The van der Waals surface area contributed by atoms with Crippen molar-refractivity contribution in [1.29, 1.82) is 0 Å². The lowest BCUT2D eigenvalue weighted by Crippen LogP contribution is -2.50. The summed E-state index contributed by atoms with van der Waals surface area (Å²) in [6, 6.07) is 8.24. The number of methoxy groups -OCH3 is 3. The van der Waals surface area contributed by atoms with Gasteiger partial charge in [-0.3, -0.25) is 9.59 Å². The number of para-hydroxylation sites is 1. The smallest absolute Gasteiger partial charge is 0.361 e. The standard InChI is InChI=1S/C28H38N6O7/c1-5-6-9-14-33(15-10-17-39-2)26(36)21(30-25(35)22-18-19-11-7-8-12-20(19)29-22)13-16-34-24(28(38)41-4)23(31-32-34)27(37)40-3/h7-8,11-12,18,21,29H,5-6,9-10,13-17H2,1-4H3,(H,30,35)/t21-/m0/s1. The summed E-state index contributed by atoms with van der Waals surface area (Å²) in [6.07, 6.45) is 3.46. The first kappa shape index (κ1) is 31.3. The molecule has 0 unspecified atom stereocenters. The topological polar surface area (TPSA) is 158 Å². The van der Waals surface area contributed by atoms with E-state index in [-0.39, 0.29) is 30.3 Å². The molecular formula is C28H38N6O7. The molecule has 2 heterocycles. The zero-order valence-electron chi connectivity index (χ0n) is 24.0. The zero-order chi connectivity index (χ0) is 29.8. The first-order valence-electron chi connectivity index (χ1n) is 13.6. The van der Waals surface area contributed by atoms with E-state index in [0.29, 0.717) is 31.8 Å². The molecular weight excluding hydrogens is 532 g/mol. The summed E-state index contributed by atoms with van der Waals surface area (Å²) in [5, 5.41) is 11.4. The molecule has 2 aromatic heterocycles. The number of benzene rings is 1. The Labute approximate surface area is 238 Å². The number of aromatic amines is 1. The normalized spacial score (nSPS) is 11.7. The Hall–Kier alpha value is -4.26. The van der Waals surface area contributed by atoms with E-state index in [1.165, 1.54) is 11.8 Å². The Kier molecular flexibility index (Phi) is 11.8. The SMILES string of the molecule is CCCCCN(CCCOC)C(=O)[C@H](CCn1nnc(C(=O)OC)c1C(=O)OC)NC(=O)c1cc2ccccc2[nH]1. The van der Waals surface area contributed by atoms with Gasteiger partial charge in [0.15, 0.2) is 5.69 Å². The number of carbonyl (C=O) groups is 4. The van der Waals surface area contributed by atoms with Gasteiger partial charge in [0.25, 0.3) is 5.91 Å². The minimum absolute atomic E-state index is 0.0152. The highest BCUT2D eigenvalue weighted by molar-refractivity contribution is 6.01. The first-order chi connectivity index (χ1) is 19.8. The molecule has 0 saturated carbocycles. The predicted molar refractivity (Wildman–Crippen MR) is 149 cm³/mol.